The van der Waals surface area contributed by atoms with Crippen LogP contribution in [0.25, 0.3) is 0 Å². The van der Waals surface area contributed by atoms with Gasteiger partial charge in [0.1, 0.15) is 0 Å². The molecule has 0 saturated carbocycles. The van der Waals surface area contributed by atoms with Crippen molar-refractivity contribution >= 4 is 5.95 Å². The highest BCUT2D eigenvalue weighted by atomic mass is 16.5. The lowest BCUT2D eigenvalue weighted by Crippen LogP contribution is -2.42. The Balaban J connectivity index is 1.39. The van der Waals surface area contributed by atoms with Crippen LogP contribution in [0.4, 0.5) is 5.95 Å². The number of ether oxygens (including phenoxy) is 2. The van der Waals surface area contributed by atoms with E-state index in [2.05, 4.69) is 46.0 Å². The lowest BCUT2D eigenvalue weighted by Gasteiger charge is -2.35. The van der Waals surface area contributed by atoms with E-state index in [0.29, 0.717) is 6.61 Å². The van der Waals surface area contributed by atoms with E-state index in [4.69, 9.17) is 14.5 Å². The van der Waals surface area contributed by atoms with Crippen molar-refractivity contribution in [3.8, 4) is 0 Å². The molecule has 5 rings (SSSR count). The van der Waals surface area contributed by atoms with Gasteiger partial charge in [-0.05, 0) is 25.5 Å². The number of benzene rings is 1. The van der Waals surface area contributed by atoms with Gasteiger partial charge in [-0.25, -0.2) is 9.97 Å². The molecule has 28 heavy (non-hydrogen) atoms. The Morgan fingerprint density at radius 3 is 2.89 bits per heavy atom. The number of morpholine rings is 1. The molecule has 2 saturated heterocycles. The number of anilines is 1. The maximum atomic E-state index is 6.00. The summed E-state index contributed by atoms with van der Waals surface area (Å²) in [6.07, 6.45) is 3.07. The molecule has 1 atom stereocenters. The first-order chi connectivity index (χ1) is 13.7. The molecule has 3 aliphatic rings. The lowest BCUT2D eigenvalue weighted by atomic mass is 9.80. The molecule has 0 N–H and O–H groups in total. The monoisotopic (exact) mass is 380 g/mol. The number of hydrogen-bond acceptors (Lipinski definition) is 6. The van der Waals surface area contributed by atoms with Gasteiger partial charge in [0.25, 0.3) is 0 Å². The van der Waals surface area contributed by atoms with E-state index in [1.165, 1.54) is 16.8 Å². The summed E-state index contributed by atoms with van der Waals surface area (Å²) in [5.41, 5.74) is 5.05. The van der Waals surface area contributed by atoms with Gasteiger partial charge in [-0.3, -0.25) is 4.90 Å². The first-order valence-electron chi connectivity index (χ1n) is 10.3. The van der Waals surface area contributed by atoms with Gasteiger partial charge < -0.3 is 14.4 Å². The second-order valence-corrected chi connectivity index (χ2v) is 8.37. The third-order valence-corrected chi connectivity index (χ3v) is 6.21. The summed E-state index contributed by atoms with van der Waals surface area (Å²) < 4.78 is 11.5. The second kappa shape index (κ2) is 7.43. The summed E-state index contributed by atoms with van der Waals surface area (Å²) >= 11 is 0. The van der Waals surface area contributed by atoms with Crippen LogP contribution in [0.2, 0.25) is 0 Å². The number of nitrogens with zero attached hydrogens (tertiary/aromatic N) is 4. The van der Waals surface area contributed by atoms with Crippen LogP contribution >= 0.6 is 0 Å². The van der Waals surface area contributed by atoms with Gasteiger partial charge in [-0.2, -0.15) is 0 Å². The Bertz CT molecular complexity index is 852. The average molecular weight is 380 g/mol. The molecule has 1 aromatic heterocycles. The molecule has 0 amide bonds. The van der Waals surface area contributed by atoms with Crippen molar-refractivity contribution in [1.29, 1.82) is 0 Å². The van der Waals surface area contributed by atoms with Crippen LogP contribution in [-0.2, 0) is 28.0 Å². The van der Waals surface area contributed by atoms with Crippen LogP contribution in [-0.4, -0.2) is 60.9 Å². The number of hydrogen-bond donors (Lipinski definition) is 0. The zero-order chi connectivity index (χ0) is 19.0. The molecular weight excluding hydrogens is 352 g/mol. The van der Waals surface area contributed by atoms with E-state index in [-0.39, 0.29) is 5.41 Å². The topological polar surface area (TPSA) is 50.7 Å². The normalized spacial score (nSPS) is 25.2. The van der Waals surface area contributed by atoms with Crippen molar-refractivity contribution in [2.75, 3.05) is 50.9 Å². The van der Waals surface area contributed by atoms with Crippen LogP contribution in [0.3, 0.4) is 0 Å². The van der Waals surface area contributed by atoms with E-state index >= 15 is 0 Å². The number of fused-ring (bicyclic) bond motifs is 2. The standard InChI is InChI=1S/C22H28N4O2/c1-17-3-2-4-18(11-17)13-25-6-5-22(15-25)16-28-14-19-12-23-21(24-20(19)22)26-7-9-27-10-8-26/h2-4,11-12H,5-10,13-16H2,1H3/t22-/m1/s1. The van der Waals surface area contributed by atoms with Crippen molar-refractivity contribution in [2.24, 2.45) is 0 Å². The van der Waals surface area contributed by atoms with Crippen molar-refractivity contribution in [3.05, 3.63) is 52.8 Å². The molecule has 6 nitrogen and oxygen atoms in total. The van der Waals surface area contributed by atoms with E-state index in [0.717, 1.165) is 70.5 Å². The first kappa shape index (κ1) is 18.0. The molecule has 0 aliphatic carbocycles. The molecule has 4 heterocycles. The molecule has 0 bridgehead atoms. The van der Waals surface area contributed by atoms with Crippen LogP contribution < -0.4 is 4.90 Å². The SMILES string of the molecule is Cc1cccc(CN2CC[C@]3(COCc4cnc(N5CCOCC5)nc43)C2)c1. The second-order valence-electron chi connectivity index (χ2n) is 8.37. The number of aryl methyl sites for hydroxylation is 1. The van der Waals surface area contributed by atoms with E-state index < -0.39 is 0 Å². The molecule has 6 heteroatoms. The third kappa shape index (κ3) is 3.41. The van der Waals surface area contributed by atoms with E-state index in [9.17, 15) is 0 Å². The van der Waals surface area contributed by atoms with Gasteiger partial charge in [-0.1, -0.05) is 29.8 Å². The summed E-state index contributed by atoms with van der Waals surface area (Å²) in [4.78, 5) is 14.5. The van der Waals surface area contributed by atoms with E-state index in [1.54, 1.807) is 0 Å². The Kier molecular flexibility index (Phi) is 4.78. The minimum absolute atomic E-state index is 0.0125. The van der Waals surface area contributed by atoms with Gasteiger partial charge in [0.05, 0.1) is 37.5 Å². The Labute approximate surface area is 166 Å². The molecule has 2 fully saturated rings. The summed E-state index contributed by atoms with van der Waals surface area (Å²) in [6.45, 7) is 9.81. The summed E-state index contributed by atoms with van der Waals surface area (Å²) in [5, 5.41) is 0. The number of likely N-dealkylation sites (tertiary alicyclic amines) is 1. The highest BCUT2D eigenvalue weighted by Crippen LogP contribution is 2.40. The maximum absolute atomic E-state index is 6.00. The molecule has 1 spiro atoms. The summed E-state index contributed by atoms with van der Waals surface area (Å²) in [7, 11) is 0. The molecular formula is C22H28N4O2. The summed E-state index contributed by atoms with van der Waals surface area (Å²) in [5.74, 6) is 0.848. The fraction of sp³-hybridized carbons (Fsp3) is 0.545. The molecule has 2 aromatic rings. The van der Waals surface area contributed by atoms with Crippen molar-refractivity contribution in [1.82, 2.24) is 14.9 Å². The van der Waals surface area contributed by atoms with Gasteiger partial charge in [0.15, 0.2) is 0 Å². The number of rotatable bonds is 3. The Morgan fingerprint density at radius 1 is 1.14 bits per heavy atom. The maximum Gasteiger partial charge on any atom is 0.225 e. The minimum atomic E-state index is -0.0125. The van der Waals surface area contributed by atoms with E-state index in [1.807, 2.05) is 6.20 Å². The Hall–Kier alpha value is -2.02. The van der Waals surface area contributed by atoms with Gasteiger partial charge >= 0.3 is 0 Å². The van der Waals surface area contributed by atoms with Gasteiger partial charge in [0, 0.05) is 37.9 Å². The van der Waals surface area contributed by atoms with Crippen molar-refractivity contribution < 1.29 is 9.47 Å². The van der Waals surface area contributed by atoms with Crippen molar-refractivity contribution in [3.63, 3.8) is 0 Å². The molecule has 0 radical (unpaired) electrons. The predicted molar refractivity (Wildman–Crippen MR) is 107 cm³/mol. The zero-order valence-corrected chi connectivity index (χ0v) is 16.6. The molecule has 1 aromatic carbocycles. The molecule has 148 valence electrons. The number of aromatic nitrogens is 2. The van der Waals surface area contributed by atoms with Crippen LogP contribution in [0.1, 0.15) is 28.8 Å². The van der Waals surface area contributed by atoms with Crippen molar-refractivity contribution in [2.45, 2.75) is 31.9 Å². The van der Waals surface area contributed by atoms with Crippen LogP contribution in [0.5, 0.6) is 0 Å². The average Bonchev–Trinajstić information content (AvgIpc) is 3.12. The summed E-state index contributed by atoms with van der Waals surface area (Å²) in [6, 6.07) is 8.82. The minimum Gasteiger partial charge on any atom is -0.378 e. The third-order valence-electron chi connectivity index (χ3n) is 6.21. The predicted octanol–water partition coefficient (Wildman–Crippen LogP) is 2.30. The lowest BCUT2D eigenvalue weighted by molar-refractivity contribution is 0.0502. The largest absolute Gasteiger partial charge is 0.378 e. The van der Waals surface area contributed by atoms with Crippen LogP contribution in [0.15, 0.2) is 30.5 Å². The van der Waals surface area contributed by atoms with Gasteiger partial charge in [0.2, 0.25) is 5.95 Å². The Morgan fingerprint density at radius 2 is 2.04 bits per heavy atom. The zero-order valence-electron chi connectivity index (χ0n) is 16.6. The smallest absolute Gasteiger partial charge is 0.225 e. The first-order valence-corrected chi connectivity index (χ1v) is 10.3. The quantitative estimate of drug-likeness (QED) is 0.814. The van der Waals surface area contributed by atoms with Gasteiger partial charge in [-0.15, -0.1) is 0 Å². The highest BCUT2D eigenvalue weighted by Gasteiger charge is 2.45. The highest BCUT2D eigenvalue weighted by molar-refractivity contribution is 5.39. The van der Waals surface area contributed by atoms with Crippen LogP contribution in [0, 0.1) is 6.92 Å². The molecule has 0 unspecified atom stereocenters. The fourth-order valence-corrected chi connectivity index (χ4v) is 4.78. The molecule has 3 aliphatic heterocycles. The fourth-order valence-electron chi connectivity index (χ4n) is 4.78.